The number of piperazine rings is 1. The third-order valence-corrected chi connectivity index (χ3v) is 14.5. The summed E-state index contributed by atoms with van der Waals surface area (Å²) in [6, 6.07) is 12.3. The molecule has 12 heteroatoms. The number of nitrogens with zero attached hydrogens (tertiary/aromatic N) is 5. The van der Waals surface area contributed by atoms with Gasteiger partial charge in [0.25, 0.3) is 11.8 Å². The molecule has 4 aliphatic rings. The molecule has 11 nitrogen and oxygen atoms in total. The number of benzene rings is 2. The zero-order chi connectivity index (χ0) is 37.9. The monoisotopic (exact) mass is 752 g/mol. The van der Waals surface area contributed by atoms with E-state index >= 15 is 0 Å². The Labute approximate surface area is 318 Å². The maximum absolute atomic E-state index is 14.4. The minimum Gasteiger partial charge on any atom is -0.497 e. The van der Waals surface area contributed by atoms with Crippen molar-refractivity contribution in [3.63, 3.8) is 0 Å². The molecule has 3 fully saturated rings. The molecule has 8 rings (SSSR count). The Balaban J connectivity index is 1.29. The molecule has 2 saturated carbocycles. The molecule has 4 heterocycles. The van der Waals surface area contributed by atoms with Crippen LogP contribution < -0.4 is 9.46 Å². The van der Waals surface area contributed by atoms with E-state index in [2.05, 4.69) is 58.4 Å². The highest BCUT2D eigenvalue weighted by molar-refractivity contribution is 7.90. The molecule has 54 heavy (non-hydrogen) atoms. The first kappa shape index (κ1) is 36.6. The second-order valence-corrected chi connectivity index (χ2v) is 18.0. The van der Waals surface area contributed by atoms with Crippen LogP contribution in [0.5, 0.6) is 5.75 Å². The minimum absolute atomic E-state index is 0.0381. The first-order chi connectivity index (χ1) is 25.9. The maximum Gasteiger partial charge on any atom is 0.264 e. The number of fused-ring (bicyclic) bond motifs is 5. The normalized spacial score (nSPS) is 21.4. The van der Waals surface area contributed by atoms with E-state index in [1.807, 2.05) is 30.1 Å². The molecule has 0 unspecified atom stereocenters. The van der Waals surface area contributed by atoms with Gasteiger partial charge in [0, 0.05) is 54.3 Å². The lowest BCUT2D eigenvalue weighted by Gasteiger charge is -2.42. The lowest BCUT2D eigenvalue weighted by atomic mass is 9.81. The van der Waals surface area contributed by atoms with E-state index in [0.717, 1.165) is 83.3 Å². The summed E-state index contributed by atoms with van der Waals surface area (Å²) in [5, 5.41) is 5.18. The second kappa shape index (κ2) is 14.3. The van der Waals surface area contributed by atoms with Gasteiger partial charge < -0.3 is 14.2 Å². The summed E-state index contributed by atoms with van der Waals surface area (Å²) in [6.07, 6.45) is 12.4. The Morgan fingerprint density at radius 3 is 2.30 bits per heavy atom. The number of methoxy groups -OCH3 is 1. The lowest BCUT2D eigenvalue weighted by molar-refractivity contribution is 0.0414. The zero-order valence-electron chi connectivity index (χ0n) is 32.1. The molecule has 0 radical (unpaired) electrons. The smallest absolute Gasteiger partial charge is 0.264 e. The third kappa shape index (κ3) is 6.44. The zero-order valence-corrected chi connectivity index (χ0v) is 32.9. The summed E-state index contributed by atoms with van der Waals surface area (Å²) in [5.41, 5.74) is 7.76. The SMILES string of the molecule is COc1ccc2c(c1)C=C(c1c(C(=O)N3C[C@@H](C)N(C)[C@@H](C)C3)cnn1C)Cn1c-2c(C2CCCCC2)c2ccc(C(=O)NS(=O)(=O)C3CCCC3)cc21. The Kier molecular flexibility index (Phi) is 9.71. The van der Waals surface area contributed by atoms with Crippen molar-refractivity contribution >= 4 is 44.4 Å². The van der Waals surface area contributed by atoms with E-state index < -0.39 is 21.2 Å². The lowest BCUT2D eigenvalue weighted by Crippen LogP contribution is -2.56. The van der Waals surface area contributed by atoms with Crippen molar-refractivity contribution in [2.45, 2.75) is 101 Å². The Morgan fingerprint density at radius 1 is 0.889 bits per heavy atom. The van der Waals surface area contributed by atoms with Crippen LogP contribution in [0.3, 0.4) is 0 Å². The molecule has 2 aliphatic heterocycles. The number of carbonyl (C=O) groups excluding carboxylic acids is 2. The highest BCUT2D eigenvalue weighted by Gasteiger charge is 2.35. The van der Waals surface area contributed by atoms with E-state index in [1.165, 1.54) is 12.0 Å². The van der Waals surface area contributed by atoms with Crippen LogP contribution in [0.15, 0.2) is 42.6 Å². The number of nitrogens with one attached hydrogen (secondary N) is 1. The summed E-state index contributed by atoms with van der Waals surface area (Å²) < 4.78 is 38.7. The van der Waals surface area contributed by atoms with E-state index in [1.54, 1.807) is 24.1 Å². The molecule has 2 aromatic heterocycles. The Morgan fingerprint density at radius 2 is 1.59 bits per heavy atom. The van der Waals surface area contributed by atoms with Gasteiger partial charge in [-0.25, -0.2) is 13.1 Å². The van der Waals surface area contributed by atoms with E-state index in [4.69, 9.17) is 4.74 Å². The van der Waals surface area contributed by atoms with Crippen LogP contribution in [-0.2, 0) is 23.6 Å². The number of carbonyl (C=O) groups is 2. The van der Waals surface area contributed by atoms with Crippen molar-refractivity contribution in [2.24, 2.45) is 7.05 Å². The summed E-state index contributed by atoms with van der Waals surface area (Å²) >= 11 is 0. The minimum atomic E-state index is -3.79. The highest BCUT2D eigenvalue weighted by Crippen LogP contribution is 2.48. The topological polar surface area (TPSA) is 119 Å². The van der Waals surface area contributed by atoms with Crippen molar-refractivity contribution < 1.29 is 22.7 Å². The van der Waals surface area contributed by atoms with E-state index in [9.17, 15) is 18.0 Å². The van der Waals surface area contributed by atoms with Crippen molar-refractivity contribution in [3.05, 3.63) is 70.5 Å². The molecule has 2 aromatic carbocycles. The van der Waals surface area contributed by atoms with Crippen molar-refractivity contribution in [3.8, 4) is 17.0 Å². The van der Waals surface area contributed by atoms with Gasteiger partial charge in [0.1, 0.15) is 5.75 Å². The number of allylic oxidation sites excluding steroid dienone is 1. The molecule has 2 amide bonds. The van der Waals surface area contributed by atoms with Gasteiger partial charge in [-0.15, -0.1) is 0 Å². The summed E-state index contributed by atoms with van der Waals surface area (Å²) in [6.45, 7) is 5.98. The van der Waals surface area contributed by atoms with Crippen LogP contribution in [0.1, 0.15) is 115 Å². The van der Waals surface area contributed by atoms with Crippen LogP contribution >= 0.6 is 0 Å². The molecule has 286 valence electrons. The second-order valence-electron chi connectivity index (χ2n) is 16.0. The fourth-order valence-corrected chi connectivity index (χ4v) is 11.0. The largest absolute Gasteiger partial charge is 0.497 e. The number of aromatic nitrogens is 3. The number of likely N-dealkylation sites (N-methyl/N-ethyl adjacent to an activating group) is 1. The highest BCUT2D eigenvalue weighted by atomic mass is 32.2. The first-order valence-corrected chi connectivity index (χ1v) is 21.1. The predicted octanol–water partition coefficient (Wildman–Crippen LogP) is 6.82. The van der Waals surface area contributed by atoms with Crippen molar-refractivity contribution in [1.29, 1.82) is 0 Å². The van der Waals surface area contributed by atoms with Crippen molar-refractivity contribution in [2.75, 3.05) is 27.2 Å². The van der Waals surface area contributed by atoms with Crippen LogP contribution in [0, 0.1) is 0 Å². The van der Waals surface area contributed by atoms with Crippen LogP contribution in [0.4, 0.5) is 0 Å². The molecule has 1 N–H and O–H groups in total. The third-order valence-electron chi connectivity index (χ3n) is 12.6. The summed E-state index contributed by atoms with van der Waals surface area (Å²) in [5.74, 6) is 0.413. The van der Waals surface area contributed by atoms with Crippen LogP contribution in [0.2, 0.25) is 0 Å². The first-order valence-electron chi connectivity index (χ1n) is 19.6. The van der Waals surface area contributed by atoms with Gasteiger partial charge in [-0.2, -0.15) is 5.10 Å². The number of hydrogen-bond acceptors (Lipinski definition) is 7. The number of sulfonamides is 1. The Hall–Kier alpha value is -4.42. The van der Waals surface area contributed by atoms with Gasteiger partial charge in [-0.3, -0.25) is 19.2 Å². The van der Waals surface area contributed by atoms with Gasteiger partial charge in [0.05, 0.1) is 42.1 Å². The van der Waals surface area contributed by atoms with Crippen LogP contribution in [0.25, 0.3) is 33.8 Å². The molecule has 0 bridgehead atoms. The van der Waals surface area contributed by atoms with E-state index in [-0.39, 0.29) is 18.0 Å². The molecule has 4 aromatic rings. The van der Waals surface area contributed by atoms with Gasteiger partial charge in [-0.05, 0) is 106 Å². The number of amides is 2. The standard InChI is InChI=1S/C42H52N6O5S/c1-26-23-47(24-27(2)45(26)3)42(50)36-22-43-46(4)39(36)31-19-30-20-32(53-5)16-18-34(30)40-38(28-11-7-6-8-12-28)35-17-15-29(21-37(35)48(40)25-31)41(49)44-54(51,52)33-13-9-10-14-33/h15-22,26-28,33H,6-14,23-25H2,1-5H3,(H,44,49)/t26-,27+. The quantitative estimate of drug-likeness (QED) is 0.220. The number of rotatable bonds is 7. The molecule has 0 spiro atoms. The van der Waals surface area contributed by atoms with Gasteiger partial charge in [0.15, 0.2) is 0 Å². The summed E-state index contributed by atoms with van der Waals surface area (Å²) in [7, 11) is 1.87. The van der Waals surface area contributed by atoms with Gasteiger partial charge in [-0.1, -0.05) is 38.2 Å². The number of aryl methyl sites for hydroxylation is 1. The molecule has 1 saturated heterocycles. The average Bonchev–Trinajstić information content (AvgIpc) is 3.90. The van der Waals surface area contributed by atoms with Crippen LogP contribution in [-0.4, -0.2) is 89.0 Å². The molecular weight excluding hydrogens is 701 g/mol. The predicted molar refractivity (Wildman–Crippen MR) is 212 cm³/mol. The number of hydrogen-bond donors (Lipinski definition) is 1. The molecule has 2 atom stereocenters. The average molecular weight is 753 g/mol. The van der Waals surface area contributed by atoms with Gasteiger partial charge in [0.2, 0.25) is 10.0 Å². The fraction of sp³-hybridized carbons (Fsp3) is 0.500. The fourth-order valence-electron chi connectivity index (χ4n) is 9.51. The number of ether oxygens (including phenoxy) is 1. The molecular formula is C42H52N6O5S. The van der Waals surface area contributed by atoms with Crippen molar-refractivity contribution in [1.82, 2.24) is 28.9 Å². The van der Waals surface area contributed by atoms with Gasteiger partial charge >= 0.3 is 0 Å². The molecule has 2 aliphatic carbocycles. The maximum atomic E-state index is 14.4. The summed E-state index contributed by atoms with van der Waals surface area (Å²) in [4.78, 5) is 32.4. The Bertz CT molecular complexity index is 2250. The van der Waals surface area contributed by atoms with E-state index in [0.29, 0.717) is 49.5 Å².